The van der Waals surface area contributed by atoms with Gasteiger partial charge in [0.25, 0.3) is 0 Å². The Hall–Kier alpha value is -1.37. The van der Waals surface area contributed by atoms with Gasteiger partial charge in [-0.15, -0.1) is 0 Å². The number of alkyl halides is 2. The standard InChI is InChI=1S/C11H14F2N2O2S/c1-11(2,3)18(16)14-7-8-5-4-6-9(15-8)17-10(12)13/h4-7,10H,1-3H3/b14-7+/t18-/m1/s1. The molecular formula is C11H14F2N2O2S. The number of nitrogens with zero attached hydrogens (tertiary/aromatic N) is 2. The van der Waals surface area contributed by atoms with Gasteiger partial charge >= 0.3 is 6.61 Å². The van der Waals surface area contributed by atoms with Crippen LogP contribution in [0.15, 0.2) is 22.6 Å². The maximum atomic E-state index is 12.0. The molecule has 0 saturated carbocycles. The SMILES string of the molecule is CC(C)(C)[S@@](=O)/N=C/c1cccc(OC(F)F)n1. The van der Waals surface area contributed by atoms with Gasteiger partial charge < -0.3 is 4.74 Å². The van der Waals surface area contributed by atoms with Crippen LogP contribution in [0.1, 0.15) is 26.5 Å². The van der Waals surface area contributed by atoms with Crippen LogP contribution in [-0.2, 0) is 11.0 Å². The van der Waals surface area contributed by atoms with Crippen LogP contribution in [0.3, 0.4) is 0 Å². The third-order valence-electron chi connectivity index (χ3n) is 1.76. The predicted octanol–water partition coefficient (Wildman–Crippen LogP) is 2.56. The zero-order chi connectivity index (χ0) is 13.8. The van der Waals surface area contributed by atoms with Crippen molar-refractivity contribution in [3.8, 4) is 5.88 Å². The van der Waals surface area contributed by atoms with Crippen molar-refractivity contribution in [3.05, 3.63) is 23.9 Å². The topological polar surface area (TPSA) is 51.5 Å². The lowest BCUT2D eigenvalue weighted by Crippen LogP contribution is -2.19. The van der Waals surface area contributed by atoms with Crippen LogP contribution in [0.2, 0.25) is 0 Å². The van der Waals surface area contributed by atoms with E-state index in [9.17, 15) is 13.0 Å². The number of hydrogen-bond donors (Lipinski definition) is 0. The molecule has 7 heteroatoms. The Labute approximate surface area is 107 Å². The van der Waals surface area contributed by atoms with Gasteiger partial charge in [-0.05, 0) is 26.8 Å². The minimum atomic E-state index is -2.92. The molecule has 0 aliphatic carbocycles. The maximum absolute atomic E-state index is 12.0. The highest BCUT2D eigenvalue weighted by atomic mass is 32.2. The van der Waals surface area contributed by atoms with Crippen LogP contribution in [0, 0.1) is 0 Å². The van der Waals surface area contributed by atoms with Gasteiger partial charge in [0.15, 0.2) is 0 Å². The molecule has 1 aromatic heterocycles. The largest absolute Gasteiger partial charge is 0.417 e. The van der Waals surface area contributed by atoms with Crippen molar-refractivity contribution >= 4 is 17.2 Å². The fourth-order valence-electron chi connectivity index (χ4n) is 0.920. The number of aromatic nitrogens is 1. The number of pyridine rings is 1. The van der Waals surface area contributed by atoms with E-state index in [0.717, 1.165) is 0 Å². The minimum absolute atomic E-state index is 0.199. The number of hydrogen-bond acceptors (Lipinski definition) is 3. The van der Waals surface area contributed by atoms with E-state index in [2.05, 4.69) is 14.1 Å². The van der Waals surface area contributed by atoms with Crippen LogP contribution in [-0.4, -0.2) is 26.8 Å². The smallest absolute Gasteiger partial charge is 0.388 e. The van der Waals surface area contributed by atoms with Crippen molar-refractivity contribution in [2.45, 2.75) is 32.1 Å². The molecule has 1 aromatic rings. The molecule has 1 atom stereocenters. The van der Waals surface area contributed by atoms with E-state index in [1.807, 2.05) is 0 Å². The first-order valence-electron chi connectivity index (χ1n) is 5.17. The molecular weight excluding hydrogens is 262 g/mol. The summed E-state index contributed by atoms with van der Waals surface area (Å²) < 4.78 is 43.1. The maximum Gasteiger partial charge on any atom is 0.388 e. The molecule has 0 unspecified atom stereocenters. The van der Waals surface area contributed by atoms with E-state index in [0.29, 0.717) is 5.69 Å². The summed E-state index contributed by atoms with van der Waals surface area (Å²) in [7, 11) is -1.41. The Bertz CT molecular complexity index is 459. The van der Waals surface area contributed by atoms with E-state index in [1.54, 1.807) is 26.8 Å². The van der Waals surface area contributed by atoms with Crippen molar-refractivity contribution < 1.29 is 17.7 Å². The van der Waals surface area contributed by atoms with E-state index in [4.69, 9.17) is 0 Å². The van der Waals surface area contributed by atoms with Gasteiger partial charge in [0.2, 0.25) is 5.88 Å². The molecule has 0 N–H and O–H groups in total. The molecule has 1 heterocycles. The molecule has 0 aliphatic heterocycles. The summed E-state index contributed by atoms with van der Waals surface area (Å²) in [6.45, 7) is 2.42. The summed E-state index contributed by atoms with van der Waals surface area (Å²) in [5.74, 6) is -0.199. The minimum Gasteiger partial charge on any atom is -0.417 e. The molecule has 0 radical (unpaired) electrons. The lowest BCUT2D eigenvalue weighted by atomic mass is 10.3. The van der Waals surface area contributed by atoms with Gasteiger partial charge in [-0.3, -0.25) is 0 Å². The van der Waals surface area contributed by atoms with Crippen molar-refractivity contribution in [1.82, 2.24) is 4.98 Å². The molecule has 1 rings (SSSR count). The summed E-state index contributed by atoms with van der Waals surface area (Å²) in [5.41, 5.74) is 0.311. The second-order valence-electron chi connectivity index (χ2n) is 4.38. The van der Waals surface area contributed by atoms with Crippen molar-refractivity contribution in [3.63, 3.8) is 0 Å². The van der Waals surface area contributed by atoms with Crippen LogP contribution in [0.4, 0.5) is 8.78 Å². The van der Waals surface area contributed by atoms with Gasteiger partial charge in [0.05, 0.1) is 16.7 Å². The molecule has 0 amide bonds. The second-order valence-corrected chi connectivity index (χ2v) is 6.31. The molecule has 0 fully saturated rings. The van der Waals surface area contributed by atoms with Gasteiger partial charge in [0.1, 0.15) is 11.0 Å². The van der Waals surface area contributed by atoms with E-state index in [-0.39, 0.29) is 5.88 Å². The number of rotatable bonds is 4. The van der Waals surface area contributed by atoms with Gasteiger partial charge in [-0.25, -0.2) is 9.19 Å². The van der Waals surface area contributed by atoms with Gasteiger partial charge in [-0.1, -0.05) is 6.07 Å². The summed E-state index contributed by atoms with van der Waals surface area (Å²) in [5, 5.41) is 0. The first-order chi connectivity index (χ1) is 8.29. The van der Waals surface area contributed by atoms with Crippen LogP contribution in [0.25, 0.3) is 0 Å². The van der Waals surface area contributed by atoms with Crippen molar-refractivity contribution in [2.24, 2.45) is 4.40 Å². The van der Waals surface area contributed by atoms with E-state index in [1.165, 1.54) is 18.3 Å². The fraction of sp³-hybridized carbons (Fsp3) is 0.455. The molecule has 4 nitrogen and oxygen atoms in total. The quantitative estimate of drug-likeness (QED) is 0.794. The van der Waals surface area contributed by atoms with Crippen molar-refractivity contribution in [1.29, 1.82) is 0 Å². The lowest BCUT2D eigenvalue weighted by Gasteiger charge is -2.12. The lowest BCUT2D eigenvalue weighted by molar-refractivity contribution is -0.0528. The van der Waals surface area contributed by atoms with E-state index >= 15 is 0 Å². The highest BCUT2D eigenvalue weighted by molar-refractivity contribution is 7.85. The normalized spacial score (nSPS) is 14.1. The second kappa shape index (κ2) is 5.99. The molecule has 0 bridgehead atoms. The number of halogens is 2. The Morgan fingerprint density at radius 3 is 2.67 bits per heavy atom. The first-order valence-corrected chi connectivity index (χ1v) is 6.27. The van der Waals surface area contributed by atoms with Crippen LogP contribution < -0.4 is 4.74 Å². The molecule has 0 spiro atoms. The average molecular weight is 276 g/mol. The average Bonchev–Trinajstić information content (AvgIpc) is 2.24. The Morgan fingerprint density at radius 2 is 2.11 bits per heavy atom. The Morgan fingerprint density at radius 1 is 1.44 bits per heavy atom. The molecule has 100 valence electrons. The summed E-state index contributed by atoms with van der Waals surface area (Å²) >= 11 is 0. The van der Waals surface area contributed by atoms with Gasteiger partial charge in [-0.2, -0.15) is 13.2 Å². The zero-order valence-corrected chi connectivity index (χ0v) is 11.1. The number of ether oxygens (including phenoxy) is 1. The van der Waals surface area contributed by atoms with Crippen LogP contribution in [0.5, 0.6) is 5.88 Å². The Kier molecular flexibility index (Phi) is 4.89. The molecule has 0 aromatic carbocycles. The summed E-state index contributed by atoms with van der Waals surface area (Å²) in [6.07, 6.45) is 1.28. The fourth-order valence-corrected chi connectivity index (χ4v) is 1.44. The third-order valence-corrected chi connectivity index (χ3v) is 3.10. The van der Waals surface area contributed by atoms with Crippen molar-refractivity contribution in [2.75, 3.05) is 0 Å². The summed E-state index contributed by atoms with van der Waals surface area (Å²) in [4.78, 5) is 3.78. The van der Waals surface area contributed by atoms with Crippen LogP contribution >= 0.6 is 0 Å². The van der Waals surface area contributed by atoms with Gasteiger partial charge in [0, 0.05) is 6.07 Å². The highest BCUT2D eigenvalue weighted by Gasteiger charge is 2.18. The Balaban J connectivity index is 2.79. The zero-order valence-electron chi connectivity index (χ0n) is 10.3. The molecule has 18 heavy (non-hydrogen) atoms. The molecule has 0 saturated heterocycles. The first kappa shape index (κ1) is 14.7. The van der Waals surface area contributed by atoms with E-state index < -0.39 is 22.3 Å². The molecule has 0 aliphatic rings. The highest BCUT2D eigenvalue weighted by Crippen LogP contribution is 2.13. The predicted molar refractivity (Wildman–Crippen MR) is 66.4 cm³/mol. The summed E-state index contributed by atoms with van der Waals surface area (Å²) in [6, 6.07) is 4.37. The monoisotopic (exact) mass is 276 g/mol. The third kappa shape index (κ3) is 4.87.